The van der Waals surface area contributed by atoms with Crippen molar-refractivity contribution in [3.63, 3.8) is 0 Å². The molecule has 0 bridgehead atoms. The second-order valence-corrected chi connectivity index (χ2v) is 8.61. The molecule has 144 valence electrons. The van der Waals surface area contributed by atoms with Crippen molar-refractivity contribution in [1.29, 1.82) is 0 Å². The Morgan fingerprint density at radius 2 is 1.68 bits per heavy atom. The predicted octanol–water partition coefficient (Wildman–Crippen LogP) is 8.54. The van der Waals surface area contributed by atoms with Crippen molar-refractivity contribution in [3.8, 4) is 11.1 Å². The standard InChI is InChI=1S/C28H32/c1-4-5-6-7-11-21-16-24-18-23(20(2)3)19-28(27(24)17-21)26-15-10-13-22-12-8-9-14-25(22)26/h8-10,12-15,17-20H,4-7,11,16H2,1-3H3. The Balaban J connectivity index is 1.78. The molecule has 0 aromatic heterocycles. The molecule has 4 rings (SSSR count). The molecule has 0 nitrogen and oxygen atoms in total. The molecule has 0 atom stereocenters. The normalized spacial score (nSPS) is 13.2. The van der Waals surface area contributed by atoms with Gasteiger partial charge in [0.2, 0.25) is 0 Å². The first-order valence-corrected chi connectivity index (χ1v) is 11.0. The van der Waals surface area contributed by atoms with Crippen molar-refractivity contribution in [1.82, 2.24) is 0 Å². The SMILES string of the molecule is CCCCCCC1=Cc2c(cc(C(C)C)cc2-c2cccc3ccccc23)C1. The van der Waals surface area contributed by atoms with Crippen molar-refractivity contribution >= 4 is 16.8 Å². The summed E-state index contributed by atoms with van der Waals surface area (Å²) in [6.45, 7) is 6.90. The average Bonchev–Trinajstić information content (AvgIpc) is 3.13. The van der Waals surface area contributed by atoms with Crippen LogP contribution in [0.1, 0.15) is 75.5 Å². The van der Waals surface area contributed by atoms with Crippen LogP contribution in [0.5, 0.6) is 0 Å². The minimum Gasteiger partial charge on any atom is -0.0654 e. The van der Waals surface area contributed by atoms with Crippen LogP contribution in [0.15, 0.2) is 60.2 Å². The summed E-state index contributed by atoms with van der Waals surface area (Å²) in [5.41, 5.74) is 8.86. The number of fused-ring (bicyclic) bond motifs is 2. The molecule has 0 N–H and O–H groups in total. The van der Waals surface area contributed by atoms with E-state index in [-0.39, 0.29) is 0 Å². The summed E-state index contributed by atoms with van der Waals surface area (Å²) in [7, 11) is 0. The van der Waals surface area contributed by atoms with Gasteiger partial charge in [-0.1, -0.05) is 106 Å². The van der Waals surface area contributed by atoms with Gasteiger partial charge in [0.25, 0.3) is 0 Å². The third-order valence-corrected chi connectivity index (χ3v) is 6.15. The minimum absolute atomic E-state index is 0.549. The number of allylic oxidation sites excluding steroid dienone is 1. The Labute approximate surface area is 170 Å². The molecule has 0 radical (unpaired) electrons. The molecular formula is C28H32. The number of benzene rings is 3. The highest BCUT2D eigenvalue weighted by Gasteiger charge is 2.20. The minimum atomic E-state index is 0.549. The molecule has 28 heavy (non-hydrogen) atoms. The van der Waals surface area contributed by atoms with Crippen LogP contribution in [-0.4, -0.2) is 0 Å². The monoisotopic (exact) mass is 368 g/mol. The Morgan fingerprint density at radius 3 is 2.50 bits per heavy atom. The van der Waals surface area contributed by atoms with Crippen LogP contribution in [0.25, 0.3) is 28.0 Å². The number of hydrogen-bond donors (Lipinski definition) is 0. The van der Waals surface area contributed by atoms with E-state index < -0.39 is 0 Å². The molecule has 0 unspecified atom stereocenters. The second-order valence-electron chi connectivity index (χ2n) is 8.61. The largest absolute Gasteiger partial charge is 0.0654 e. The van der Waals surface area contributed by atoms with Crippen molar-refractivity contribution in [2.75, 3.05) is 0 Å². The molecule has 0 heteroatoms. The van der Waals surface area contributed by atoms with E-state index in [1.54, 1.807) is 5.57 Å². The number of unbranched alkanes of at least 4 members (excludes halogenated alkanes) is 3. The van der Waals surface area contributed by atoms with E-state index in [9.17, 15) is 0 Å². The summed E-state index contributed by atoms with van der Waals surface area (Å²) >= 11 is 0. The van der Waals surface area contributed by atoms with Gasteiger partial charge in [-0.25, -0.2) is 0 Å². The topological polar surface area (TPSA) is 0 Å². The van der Waals surface area contributed by atoms with Gasteiger partial charge in [-0.3, -0.25) is 0 Å². The van der Waals surface area contributed by atoms with E-state index in [1.807, 2.05) is 0 Å². The summed E-state index contributed by atoms with van der Waals surface area (Å²) in [5.74, 6) is 0.549. The average molecular weight is 369 g/mol. The van der Waals surface area contributed by atoms with Crippen LogP contribution in [-0.2, 0) is 6.42 Å². The fraction of sp³-hybridized carbons (Fsp3) is 0.357. The predicted molar refractivity (Wildman–Crippen MR) is 124 cm³/mol. The van der Waals surface area contributed by atoms with E-state index >= 15 is 0 Å². The fourth-order valence-electron chi connectivity index (χ4n) is 4.51. The molecule has 3 aromatic rings. The number of rotatable bonds is 7. The lowest BCUT2D eigenvalue weighted by atomic mass is 9.89. The molecule has 3 aromatic carbocycles. The van der Waals surface area contributed by atoms with Gasteiger partial charge in [0.1, 0.15) is 0 Å². The van der Waals surface area contributed by atoms with Crippen LogP contribution in [0.4, 0.5) is 0 Å². The van der Waals surface area contributed by atoms with Gasteiger partial charge < -0.3 is 0 Å². The molecule has 0 saturated carbocycles. The molecule has 0 fully saturated rings. The van der Waals surface area contributed by atoms with Crippen LogP contribution >= 0.6 is 0 Å². The molecular weight excluding hydrogens is 336 g/mol. The maximum atomic E-state index is 2.50. The lowest BCUT2D eigenvalue weighted by Gasteiger charge is -2.16. The highest BCUT2D eigenvalue weighted by atomic mass is 14.2. The summed E-state index contributed by atoms with van der Waals surface area (Å²) in [5, 5.41) is 2.68. The van der Waals surface area contributed by atoms with E-state index in [1.165, 1.54) is 70.7 Å². The van der Waals surface area contributed by atoms with Gasteiger partial charge in [0, 0.05) is 0 Å². The van der Waals surface area contributed by atoms with E-state index in [2.05, 4.69) is 81.4 Å². The van der Waals surface area contributed by atoms with Gasteiger partial charge >= 0.3 is 0 Å². The zero-order chi connectivity index (χ0) is 19.5. The quantitative estimate of drug-likeness (QED) is 0.366. The maximum absolute atomic E-state index is 2.50. The van der Waals surface area contributed by atoms with Crippen molar-refractivity contribution in [2.24, 2.45) is 0 Å². The molecule has 0 amide bonds. The van der Waals surface area contributed by atoms with Crippen LogP contribution < -0.4 is 0 Å². The summed E-state index contributed by atoms with van der Waals surface area (Å²) in [4.78, 5) is 0. The van der Waals surface area contributed by atoms with Gasteiger partial charge in [-0.05, 0) is 63.8 Å². The van der Waals surface area contributed by atoms with Crippen LogP contribution in [0.2, 0.25) is 0 Å². The second kappa shape index (κ2) is 8.35. The number of hydrogen-bond acceptors (Lipinski definition) is 0. The molecule has 0 spiro atoms. The zero-order valence-electron chi connectivity index (χ0n) is 17.6. The van der Waals surface area contributed by atoms with Crippen molar-refractivity contribution < 1.29 is 0 Å². The van der Waals surface area contributed by atoms with Crippen molar-refractivity contribution in [3.05, 3.63) is 76.9 Å². The van der Waals surface area contributed by atoms with Gasteiger partial charge in [-0.15, -0.1) is 0 Å². The van der Waals surface area contributed by atoms with Crippen LogP contribution in [0, 0.1) is 0 Å². The molecule has 0 saturated heterocycles. The van der Waals surface area contributed by atoms with E-state index in [4.69, 9.17) is 0 Å². The third kappa shape index (κ3) is 3.78. The summed E-state index contributed by atoms with van der Waals surface area (Å²) in [6, 6.07) is 20.4. The Morgan fingerprint density at radius 1 is 0.857 bits per heavy atom. The molecule has 1 aliphatic carbocycles. The lowest BCUT2D eigenvalue weighted by Crippen LogP contribution is -1.95. The van der Waals surface area contributed by atoms with E-state index in [0.717, 1.165) is 6.42 Å². The van der Waals surface area contributed by atoms with Gasteiger partial charge in [-0.2, -0.15) is 0 Å². The van der Waals surface area contributed by atoms with Crippen molar-refractivity contribution in [2.45, 2.75) is 65.2 Å². The van der Waals surface area contributed by atoms with E-state index in [0.29, 0.717) is 5.92 Å². The Hall–Kier alpha value is -2.34. The summed E-state index contributed by atoms with van der Waals surface area (Å²) in [6.07, 6.45) is 10.2. The summed E-state index contributed by atoms with van der Waals surface area (Å²) < 4.78 is 0. The highest BCUT2D eigenvalue weighted by Crippen LogP contribution is 2.40. The maximum Gasteiger partial charge on any atom is -0.00575 e. The fourth-order valence-corrected chi connectivity index (χ4v) is 4.51. The Bertz CT molecular complexity index is 998. The van der Waals surface area contributed by atoms with Gasteiger partial charge in [0.15, 0.2) is 0 Å². The molecule has 1 aliphatic rings. The first-order chi connectivity index (χ1) is 13.7. The molecule has 0 heterocycles. The zero-order valence-corrected chi connectivity index (χ0v) is 17.6. The van der Waals surface area contributed by atoms with Crippen LogP contribution in [0.3, 0.4) is 0 Å². The first-order valence-electron chi connectivity index (χ1n) is 11.0. The van der Waals surface area contributed by atoms with Gasteiger partial charge in [0.05, 0.1) is 0 Å². The first kappa shape index (κ1) is 19.0. The Kier molecular flexibility index (Phi) is 5.67. The highest BCUT2D eigenvalue weighted by molar-refractivity contribution is 5.99. The molecule has 0 aliphatic heterocycles. The smallest absolute Gasteiger partial charge is 0.00575 e. The lowest BCUT2D eigenvalue weighted by molar-refractivity contribution is 0.662. The third-order valence-electron chi connectivity index (χ3n) is 6.15.